The SMILES string of the molecule is Nc1ncc(CN2CCC(C(=O)N3CCC(n4cnc5cccnc54)CC3)CC2)c[nH+]1. The Kier molecular flexibility index (Phi) is 5.50. The molecule has 3 N–H and O–H groups in total. The van der Waals surface area contributed by atoms with Crippen molar-refractivity contribution in [3.05, 3.63) is 42.6 Å². The predicted octanol–water partition coefficient (Wildman–Crippen LogP) is 1.30. The average molecular weight is 422 g/mol. The second kappa shape index (κ2) is 8.58. The molecule has 0 bridgehead atoms. The summed E-state index contributed by atoms with van der Waals surface area (Å²) in [6, 6.07) is 4.26. The van der Waals surface area contributed by atoms with Gasteiger partial charge < -0.3 is 9.47 Å². The van der Waals surface area contributed by atoms with E-state index in [1.54, 1.807) is 0 Å². The quantitative estimate of drug-likeness (QED) is 0.680. The third kappa shape index (κ3) is 4.23. The van der Waals surface area contributed by atoms with Gasteiger partial charge in [0.2, 0.25) is 5.91 Å². The first-order valence-corrected chi connectivity index (χ1v) is 11.1. The van der Waals surface area contributed by atoms with E-state index in [0.29, 0.717) is 17.9 Å². The number of aromatic nitrogens is 5. The number of pyridine rings is 1. The van der Waals surface area contributed by atoms with Gasteiger partial charge in [-0.05, 0) is 50.9 Å². The molecule has 1 amide bonds. The lowest BCUT2D eigenvalue weighted by molar-refractivity contribution is -0.365. The van der Waals surface area contributed by atoms with Gasteiger partial charge in [0, 0.05) is 43.4 Å². The first-order valence-electron chi connectivity index (χ1n) is 11.1. The van der Waals surface area contributed by atoms with Gasteiger partial charge in [0.25, 0.3) is 0 Å². The van der Waals surface area contributed by atoms with Crippen LogP contribution in [0.15, 0.2) is 37.1 Å². The zero-order valence-corrected chi connectivity index (χ0v) is 17.7. The van der Waals surface area contributed by atoms with E-state index in [0.717, 1.165) is 75.1 Å². The monoisotopic (exact) mass is 421 g/mol. The number of likely N-dealkylation sites (tertiary alicyclic amines) is 2. The molecule has 2 fully saturated rings. The Morgan fingerprint density at radius 1 is 1.10 bits per heavy atom. The van der Waals surface area contributed by atoms with Crippen LogP contribution in [-0.2, 0) is 11.3 Å². The van der Waals surface area contributed by atoms with Gasteiger partial charge in [0.1, 0.15) is 11.7 Å². The molecule has 0 spiro atoms. The van der Waals surface area contributed by atoms with Crippen LogP contribution in [0.2, 0.25) is 0 Å². The molecule has 2 aliphatic rings. The highest BCUT2D eigenvalue weighted by Gasteiger charge is 2.31. The number of fused-ring (bicyclic) bond motifs is 1. The van der Waals surface area contributed by atoms with Gasteiger partial charge in [0.15, 0.2) is 5.65 Å². The number of H-pyrrole nitrogens is 1. The van der Waals surface area contributed by atoms with Crippen LogP contribution < -0.4 is 10.7 Å². The van der Waals surface area contributed by atoms with Crippen LogP contribution in [0.1, 0.15) is 37.3 Å². The Labute approximate surface area is 181 Å². The number of nitrogens with one attached hydrogen (secondary N) is 1. The maximum Gasteiger partial charge on any atom is 0.386 e. The average Bonchev–Trinajstić information content (AvgIpc) is 3.25. The number of rotatable bonds is 4. The van der Waals surface area contributed by atoms with Gasteiger partial charge in [0.05, 0.1) is 12.5 Å². The fraction of sp³-hybridized carbons (Fsp3) is 0.500. The maximum absolute atomic E-state index is 13.1. The molecular formula is C22H29N8O+. The minimum absolute atomic E-state index is 0.139. The normalized spacial score (nSPS) is 19.2. The molecule has 5 rings (SSSR count). The molecular weight excluding hydrogens is 392 g/mol. The number of nitrogens with zero attached hydrogens (tertiary/aromatic N) is 6. The van der Waals surface area contributed by atoms with Gasteiger partial charge >= 0.3 is 5.95 Å². The molecule has 31 heavy (non-hydrogen) atoms. The standard InChI is InChI=1S/C22H28N8O/c23-22-25-12-16(13-26-22)14-28-8-3-17(4-9-28)21(31)29-10-5-18(6-11-29)30-15-27-19-2-1-7-24-20(19)30/h1-2,7,12-13,15,17-18H,3-6,8-11,14H2,(H2,23,25,26)/p+1. The summed E-state index contributed by atoms with van der Waals surface area (Å²) in [5, 5.41) is 0. The lowest BCUT2D eigenvalue weighted by Gasteiger charge is -2.37. The van der Waals surface area contributed by atoms with Crippen LogP contribution in [0, 0.1) is 5.92 Å². The molecule has 0 radical (unpaired) electrons. The molecule has 0 aliphatic carbocycles. The van der Waals surface area contributed by atoms with E-state index >= 15 is 0 Å². The van der Waals surface area contributed by atoms with Crippen molar-refractivity contribution in [2.24, 2.45) is 5.92 Å². The number of carbonyl (C=O) groups excluding carboxylic acids is 1. The molecule has 0 unspecified atom stereocenters. The van der Waals surface area contributed by atoms with E-state index in [4.69, 9.17) is 5.73 Å². The van der Waals surface area contributed by atoms with Crippen molar-refractivity contribution in [2.75, 3.05) is 31.9 Å². The topological polar surface area (TPSA) is 107 Å². The minimum Gasteiger partial charge on any atom is -0.342 e. The Balaban J connectivity index is 1.12. The highest BCUT2D eigenvalue weighted by Crippen LogP contribution is 2.28. The summed E-state index contributed by atoms with van der Waals surface area (Å²) in [7, 11) is 0. The first-order chi connectivity index (χ1) is 15.2. The molecule has 5 heterocycles. The van der Waals surface area contributed by atoms with Crippen molar-refractivity contribution in [3.8, 4) is 0 Å². The number of hydrogen-bond acceptors (Lipinski definition) is 6. The van der Waals surface area contributed by atoms with Crippen LogP contribution in [0.5, 0.6) is 0 Å². The lowest BCUT2D eigenvalue weighted by atomic mass is 9.93. The van der Waals surface area contributed by atoms with Gasteiger partial charge in [-0.3, -0.25) is 15.4 Å². The molecule has 0 atom stereocenters. The fourth-order valence-corrected chi connectivity index (χ4v) is 4.83. The minimum atomic E-state index is 0.139. The number of imidazole rings is 1. The van der Waals surface area contributed by atoms with Crippen molar-refractivity contribution in [1.29, 1.82) is 0 Å². The molecule has 2 aliphatic heterocycles. The second-order valence-electron chi connectivity index (χ2n) is 8.61. The number of amides is 1. The van der Waals surface area contributed by atoms with E-state index in [2.05, 4.69) is 34.3 Å². The summed E-state index contributed by atoms with van der Waals surface area (Å²) in [5.41, 5.74) is 8.60. The molecule has 3 aromatic rings. The first kappa shape index (κ1) is 19.9. The summed E-state index contributed by atoms with van der Waals surface area (Å²) in [4.78, 5) is 33.6. The van der Waals surface area contributed by atoms with E-state index in [9.17, 15) is 4.79 Å². The second-order valence-corrected chi connectivity index (χ2v) is 8.61. The number of anilines is 1. The largest absolute Gasteiger partial charge is 0.386 e. The van der Waals surface area contributed by atoms with Crippen LogP contribution in [0.4, 0.5) is 5.95 Å². The Morgan fingerprint density at radius 3 is 2.65 bits per heavy atom. The molecule has 0 aromatic carbocycles. The smallest absolute Gasteiger partial charge is 0.342 e. The van der Waals surface area contributed by atoms with Crippen molar-refractivity contribution >= 4 is 23.0 Å². The number of nitrogens with two attached hydrogens (primary N) is 1. The molecule has 162 valence electrons. The van der Waals surface area contributed by atoms with E-state index < -0.39 is 0 Å². The molecule has 9 heteroatoms. The van der Waals surface area contributed by atoms with E-state index in [-0.39, 0.29) is 5.92 Å². The summed E-state index contributed by atoms with van der Waals surface area (Å²) < 4.78 is 2.18. The summed E-state index contributed by atoms with van der Waals surface area (Å²) in [6.07, 6.45) is 11.2. The molecule has 3 aromatic heterocycles. The van der Waals surface area contributed by atoms with Crippen LogP contribution >= 0.6 is 0 Å². The molecule has 2 saturated heterocycles. The van der Waals surface area contributed by atoms with Crippen LogP contribution in [0.25, 0.3) is 11.2 Å². The highest BCUT2D eigenvalue weighted by molar-refractivity contribution is 5.79. The van der Waals surface area contributed by atoms with Gasteiger partial charge in [-0.1, -0.05) is 4.98 Å². The number of hydrogen-bond donors (Lipinski definition) is 1. The van der Waals surface area contributed by atoms with E-state index in [1.807, 2.05) is 37.1 Å². The van der Waals surface area contributed by atoms with Gasteiger partial charge in [-0.25, -0.2) is 15.0 Å². The predicted molar refractivity (Wildman–Crippen MR) is 116 cm³/mol. The zero-order valence-electron chi connectivity index (χ0n) is 17.7. The molecule has 9 nitrogen and oxygen atoms in total. The highest BCUT2D eigenvalue weighted by atomic mass is 16.2. The van der Waals surface area contributed by atoms with Crippen LogP contribution in [0.3, 0.4) is 0 Å². The molecule has 0 saturated carbocycles. The summed E-state index contributed by atoms with van der Waals surface area (Å²) in [6.45, 7) is 4.32. The summed E-state index contributed by atoms with van der Waals surface area (Å²) >= 11 is 0. The van der Waals surface area contributed by atoms with Gasteiger partial charge in [-0.2, -0.15) is 0 Å². The maximum atomic E-state index is 13.1. The number of piperidine rings is 2. The van der Waals surface area contributed by atoms with Crippen LogP contribution in [-0.4, -0.2) is 61.4 Å². The van der Waals surface area contributed by atoms with Crippen molar-refractivity contribution < 1.29 is 9.78 Å². The zero-order chi connectivity index (χ0) is 21.2. The van der Waals surface area contributed by atoms with E-state index in [1.165, 1.54) is 0 Å². The third-order valence-corrected chi connectivity index (χ3v) is 6.62. The Bertz CT molecular complexity index is 1030. The van der Waals surface area contributed by atoms with Crippen molar-refractivity contribution in [3.63, 3.8) is 0 Å². The number of carbonyl (C=O) groups is 1. The lowest BCUT2D eigenvalue weighted by Crippen LogP contribution is -2.45. The summed E-state index contributed by atoms with van der Waals surface area (Å²) in [5.74, 6) is 0.892. The van der Waals surface area contributed by atoms with Crippen molar-refractivity contribution in [1.82, 2.24) is 29.3 Å². The Morgan fingerprint density at radius 2 is 1.90 bits per heavy atom. The Hall–Kier alpha value is -3.07. The number of aromatic amines is 1. The van der Waals surface area contributed by atoms with Gasteiger partial charge in [-0.15, -0.1) is 0 Å². The van der Waals surface area contributed by atoms with Crippen molar-refractivity contribution in [2.45, 2.75) is 38.3 Å². The fourth-order valence-electron chi connectivity index (χ4n) is 4.83. The number of nitrogen functional groups attached to an aromatic ring is 1. The third-order valence-electron chi connectivity index (χ3n) is 6.62.